The summed E-state index contributed by atoms with van der Waals surface area (Å²) in [4.78, 5) is 19.6. The molecule has 3 N–H and O–H groups in total. The maximum atomic E-state index is 13.2. The summed E-state index contributed by atoms with van der Waals surface area (Å²) in [6.45, 7) is 0. The summed E-state index contributed by atoms with van der Waals surface area (Å²) in [7, 11) is 0. The van der Waals surface area contributed by atoms with Crippen LogP contribution in [-0.2, 0) is 0 Å². The monoisotopic (exact) mass is 310 g/mol. The predicted octanol–water partition coefficient (Wildman–Crippen LogP) is 2.21. The molecule has 1 aromatic heterocycles. The number of aromatic nitrogens is 2. The first kappa shape index (κ1) is 12.4. The SMILES string of the molecule is Nc1ccc(C(=O)Nc2cnc(Br)cn2)cc1F. The fourth-order valence-corrected chi connectivity index (χ4v) is 1.44. The van der Waals surface area contributed by atoms with Crippen molar-refractivity contribution in [2.45, 2.75) is 0 Å². The van der Waals surface area contributed by atoms with Crippen molar-refractivity contribution in [3.63, 3.8) is 0 Å². The number of nitrogens with zero attached hydrogens (tertiary/aromatic N) is 2. The highest BCUT2D eigenvalue weighted by Gasteiger charge is 2.09. The van der Waals surface area contributed by atoms with Gasteiger partial charge in [-0.2, -0.15) is 0 Å². The van der Waals surface area contributed by atoms with Crippen molar-refractivity contribution < 1.29 is 9.18 Å². The number of benzene rings is 1. The number of nitrogens with one attached hydrogen (secondary N) is 1. The molecule has 0 spiro atoms. The summed E-state index contributed by atoms with van der Waals surface area (Å²) in [6.07, 6.45) is 2.83. The Morgan fingerprint density at radius 2 is 2.11 bits per heavy atom. The molecule has 1 amide bonds. The van der Waals surface area contributed by atoms with Crippen molar-refractivity contribution >= 4 is 33.3 Å². The number of anilines is 2. The van der Waals surface area contributed by atoms with Crippen molar-refractivity contribution in [2.75, 3.05) is 11.1 Å². The van der Waals surface area contributed by atoms with Crippen LogP contribution in [0, 0.1) is 5.82 Å². The zero-order chi connectivity index (χ0) is 13.1. The van der Waals surface area contributed by atoms with E-state index in [4.69, 9.17) is 5.73 Å². The van der Waals surface area contributed by atoms with Crippen LogP contribution in [0.1, 0.15) is 10.4 Å². The molecule has 0 aliphatic rings. The van der Waals surface area contributed by atoms with Gasteiger partial charge in [-0.05, 0) is 34.1 Å². The number of nitrogens with two attached hydrogens (primary N) is 1. The van der Waals surface area contributed by atoms with Crippen molar-refractivity contribution in [2.24, 2.45) is 0 Å². The van der Waals surface area contributed by atoms with Gasteiger partial charge in [0, 0.05) is 5.56 Å². The zero-order valence-electron chi connectivity index (χ0n) is 9.02. The molecule has 0 bridgehead atoms. The lowest BCUT2D eigenvalue weighted by molar-refractivity contribution is 0.102. The average molecular weight is 311 g/mol. The van der Waals surface area contributed by atoms with Crippen LogP contribution < -0.4 is 11.1 Å². The number of amides is 1. The lowest BCUT2D eigenvalue weighted by Gasteiger charge is -2.04. The van der Waals surface area contributed by atoms with Crippen LogP contribution in [0.4, 0.5) is 15.9 Å². The molecule has 0 saturated heterocycles. The molecule has 2 rings (SSSR count). The average Bonchev–Trinajstić information content (AvgIpc) is 2.35. The second kappa shape index (κ2) is 5.09. The van der Waals surface area contributed by atoms with Gasteiger partial charge in [0.25, 0.3) is 5.91 Å². The summed E-state index contributed by atoms with van der Waals surface area (Å²) < 4.78 is 13.7. The lowest BCUT2D eigenvalue weighted by Crippen LogP contribution is -2.13. The van der Waals surface area contributed by atoms with E-state index in [1.54, 1.807) is 0 Å². The molecule has 0 radical (unpaired) electrons. The van der Waals surface area contributed by atoms with Gasteiger partial charge in [0.1, 0.15) is 10.4 Å². The highest BCUT2D eigenvalue weighted by atomic mass is 79.9. The number of rotatable bonds is 2. The van der Waals surface area contributed by atoms with E-state index in [-0.39, 0.29) is 17.1 Å². The van der Waals surface area contributed by atoms with Crippen molar-refractivity contribution in [3.05, 3.63) is 46.6 Å². The minimum absolute atomic E-state index is 0.00465. The second-order valence-corrected chi connectivity index (χ2v) is 4.23. The van der Waals surface area contributed by atoms with Crippen LogP contribution in [0.15, 0.2) is 35.2 Å². The van der Waals surface area contributed by atoms with Gasteiger partial charge in [-0.25, -0.2) is 14.4 Å². The maximum Gasteiger partial charge on any atom is 0.256 e. The standard InChI is InChI=1S/C11H8BrFN4O/c12-9-4-16-10(5-15-9)17-11(18)6-1-2-8(14)7(13)3-6/h1-5H,14H2,(H,16,17,18). The molecule has 18 heavy (non-hydrogen) atoms. The molecule has 1 heterocycles. The first-order valence-corrected chi connectivity index (χ1v) is 5.69. The Hall–Kier alpha value is -2.02. The quantitative estimate of drug-likeness (QED) is 0.833. The molecular formula is C11H8BrFN4O. The van der Waals surface area contributed by atoms with E-state index in [9.17, 15) is 9.18 Å². The molecule has 7 heteroatoms. The Morgan fingerprint density at radius 3 is 2.72 bits per heavy atom. The first-order valence-electron chi connectivity index (χ1n) is 4.90. The molecule has 0 aliphatic carbocycles. The van der Waals surface area contributed by atoms with Crippen LogP contribution in [0.2, 0.25) is 0 Å². The third-order valence-electron chi connectivity index (χ3n) is 2.12. The van der Waals surface area contributed by atoms with E-state index in [0.29, 0.717) is 4.60 Å². The van der Waals surface area contributed by atoms with Gasteiger partial charge in [0.15, 0.2) is 5.82 Å². The lowest BCUT2D eigenvalue weighted by atomic mass is 10.2. The summed E-state index contributed by atoms with van der Waals surface area (Å²) in [5.74, 6) is -0.838. The zero-order valence-corrected chi connectivity index (χ0v) is 10.6. The number of carbonyl (C=O) groups excluding carboxylic acids is 1. The van der Waals surface area contributed by atoms with Crippen molar-refractivity contribution in [1.29, 1.82) is 0 Å². The molecule has 0 fully saturated rings. The number of carbonyl (C=O) groups is 1. The van der Waals surface area contributed by atoms with Crippen LogP contribution in [0.25, 0.3) is 0 Å². The van der Waals surface area contributed by atoms with Crippen LogP contribution in [0.5, 0.6) is 0 Å². The van der Waals surface area contributed by atoms with Crippen LogP contribution in [-0.4, -0.2) is 15.9 Å². The fraction of sp³-hybridized carbons (Fsp3) is 0. The van der Waals surface area contributed by atoms with Crippen molar-refractivity contribution in [1.82, 2.24) is 9.97 Å². The molecule has 0 saturated carbocycles. The number of hydrogen-bond acceptors (Lipinski definition) is 4. The van der Waals surface area contributed by atoms with Crippen molar-refractivity contribution in [3.8, 4) is 0 Å². The number of hydrogen-bond donors (Lipinski definition) is 2. The van der Waals surface area contributed by atoms with Gasteiger partial charge in [-0.1, -0.05) is 0 Å². The van der Waals surface area contributed by atoms with E-state index in [1.165, 1.54) is 24.5 Å². The maximum absolute atomic E-state index is 13.2. The third-order valence-corrected chi connectivity index (χ3v) is 2.53. The van der Waals surface area contributed by atoms with Crippen LogP contribution in [0.3, 0.4) is 0 Å². The number of halogens is 2. The summed E-state index contributed by atoms with van der Waals surface area (Å²) in [6, 6.07) is 3.83. The minimum atomic E-state index is -0.635. The van der Waals surface area contributed by atoms with E-state index < -0.39 is 11.7 Å². The normalized spacial score (nSPS) is 10.1. The van der Waals surface area contributed by atoms with Gasteiger partial charge in [-0.3, -0.25) is 4.79 Å². The molecule has 92 valence electrons. The van der Waals surface area contributed by atoms with Gasteiger partial charge in [0.05, 0.1) is 18.1 Å². The summed E-state index contributed by atoms with van der Waals surface area (Å²) in [5, 5.41) is 2.49. The highest BCUT2D eigenvalue weighted by molar-refractivity contribution is 9.10. The largest absolute Gasteiger partial charge is 0.396 e. The van der Waals surface area contributed by atoms with Gasteiger partial charge < -0.3 is 11.1 Å². The Morgan fingerprint density at radius 1 is 1.33 bits per heavy atom. The predicted molar refractivity (Wildman–Crippen MR) is 68.5 cm³/mol. The highest BCUT2D eigenvalue weighted by Crippen LogP contribution is 2.13. The minimum Gasteiger partial charge on any atom is -0.396 e. The van der Waals surface area contributed by atoms with Gasteiger partial charge >= 0.3 is 0 Å². The second-order valence-electron chi connectivity index (χ2n) is 3.41. The number of nitrogen functional groups attached to an aromatic ring is 1. The van der Waals surface area contributed by atoms with Gasteiger partial charge in [0.2, 0.25) is 0 Å². The smallest absolute Gasteiger partial charge is 0.256 e. The van der Waals surface area contributed by atoms with E-state index in [1.807, 2.05) is 0 Å². The van der Waals surface area contributed by atoms with E-state index in [2.05, 4.69) is 31.2 Å². The molecule has 1 aromatic carbocycles. The molecule has 2 aromatic rings. The molecular weight excluding hydrogens is 303 g/mol. The Balaban J connectivity index is 2.16. The third kappa shape index (κ3) is 2.80. The summed E-state index contributed by atoms with van der Waals surface area (Å²) >= 11 is 3.12. The summed E-state index contributed by atoms with van der Waals surface area (Å²) in [5.41, 5.74) is 5.48. The molecule has 5 nitrogen and oxygen atoms in total. The van der Waals surface area contributed by atoms with Gasteiger partial charge in [-0.15, -0.1) is 0 Å². The fourth-order valence-electron chi connectivity index (χ4n) is 1.23. The Labute approximate surface area is 110 Å². The van der Waals surface area contributed by atoms with E-state index in [0.717, 1.165) is 6.07 Å². The topological polar surface area (TPSA) is 80.9 Å². The molecule has 0 unspecified atom stereocenters. The van der Waals surface area contributed by atoms with E-state index >= 15 is 0 Å². The Kier molecular flexibility index (Phi) is 3.52. The molecule has 0 atom stereocenters. The first-order chi connectivity index (χ1) is 8.56. The Bertz CT molecular complexity index is 588. The van der Waals surface area contributed by atoms with Crippen LogP contribution >= 0.6 is 15.9 Å². The molecule has 0 aliphatic heterocycles.